The molecule has 0 unspecified atom stereocenters. The van der Waals surface area contributed by atoms with Crippen LogP contribution in [0.4, 0.5) is 10.2 Å². The molecule has 176 valence electrons. The third kappa shape index (κ3) is 5.67. The van der Waals surface area contributed by atoms with E-state index in [-0.39, 0.29) is 35.0 Å². The van der Waals surface area contributed by atoms with Crippen LogP contribution < -0.4 is 15.8 Å². The van der Waals surface area contributed by atoms with Gasteiger partial charge in [0, 0.05) is 19.0 Å². The highest BCUT2D eigenvalue weighted by Gasteiger charge is 2.25. The summed E-state index contributed by atoms with van der Waals surface area (Å²) in [6.45, 7) is 1.50. The molecule has 33 heavy (non-hydrogen) atoms. The van der Waals surface area contributed by atoms with Crippen LogP contribution in [-0.2, 0) is 21.2 Å². The highest BCUT2D eigenvalue weighted by atomic mass is 32.2. The van der Waals surface area contributed by atoms with Gasteiger partial charge in [-0.1, -0.05) is 0 Å². The second kappa shape index (κ2) is 9.99. The Kier molecular flexibility index (Phi) is 7.32. The number of primary amides is 1. The number of amides is 2. The summed E-state index contributed by atoms with van der Waals surface area (Å²) in [6.07, 6.45) is 1.66. The lowest BCUT2D eigenvalue weighted by Gasteiger charge is -2.11. The second-order valence-electron chi connectivity index (χ2n) is 7.42. The van der Waals surface area contributed by atoms with Crippen LogP contribution in [0.25, 0.3) is 22.4 Å². The maximum Gasteiger partial charge on any atom is 0.255 e. The van der Waals surface area contributed by atoms with E-state index in [2.05, 4.69) is 15.0 Å². The first-order valence-corrected chi connectivity index (χ1v) is 12.0. The van der Waals surface area contributed by atoms with Gasteiger partial charge in [0.05, 0.1) is 16.7 Å². The number of sulfonamides is 1. The fourth-order valence-electron chi connectivity index (χ4n) is 3.33. The van der Waals surface area contributed by atoms with E-state index >= 15 is 0 Å². The van der Waals surface area contributed by atoms with Gasteiger partial charge in [-0.25, -0.2) is 12.8 Å². The molecule has 0 saturated carbocycles. The Hall–Kier alpha value is -3.47. The molecule has 0 spiro atoms. The molecule has 4 N–H and O–H groups in total. The average Bonchev–Trinajstić information content (AvgIpc) is 3.14. The van der Waals surface area contributed by atoms with E-state index < -0.39 is 27.7 Å². The van der Waals surface area contributed by atoms with E-state index in [1.54, 1.807) is 6.07 Å². The van der Waals surface area contributed by atoms with Crippen molar-refractivity contribution >= 4 is 38.8 Å². The Bertz CT molecular complexity index is 1290. The molecule has 11 heteroatoms. The Balaban J connectivity index is 2.16. The number of nitrogens with one attached hydrogen (secondary N) is 2. The van der Waals surface area contributed by atoms with Gasteiger partial charge in [0.1, 0.15) is 17.4 Å². The summed E-state index contributed by atoms with van der Waals surface area (Å²) in [5.74, 6) is -1.18. The monoisotopic (exact) mass is 476 g/mol. The zero-order valence-corrected chi connectivity index (χ0v) is 19.1. The van der Waals surface area contributed by atoms with Crippen molar-refractivity contribution in [2.75, 3.05) is 17.5 Å². The fraction of sp³-hybridized carbons (Fsp3) is 0.318. The van der Waals surface area contributed by atoms with Crippen LogP contribution in [0.3, 0.4) is 0 Å². The second-order valence-corrected chi connectivity index (χ2v) is 9.43. The smallest absolute Gasteiger partial charge is 0.255 e. The van der Waals surface area contributed by atoms with Crippen LogP contribution >= 0.6 is 0 Å². The summed E-state index contributed by atoms with van der Waals surface area (Å²) in [6, 6.07) is 7.10. The molecule has 2 amide bonds. The molecular weight excluding hydrogens is 451 g/mol. The molecule has 3 rings (SSSR count). The van der Waals surface area contributed by atoms with Crippen molar-refractivity contribution in [2.45, 2.75) is 32.6 Å². The van der Waals surface area contributed by atoms with Gasteiger partial charge in [-0.2, -0.15) is 4.98 Å². The van der Waals surface area contributed by atoms with Gasteiger partial charge in [0.25, 0.3) is 5.91 Å². The van der Waals surface area contributed by atoms with E-state index in [0.29, 0.717) is 35.8 Å². The number of fused-ring (bicyclic) bond motifs is 1. The van der Waals surface area contributed by atoms with Crippen molar-refractivity contribution < 1.29 is 26.8 Å². The van der Waals surface area contributed by atoms with E-state index in [9.17, 15) is 22.4 Å². The Labute approximate surface area is 190 Å². The summed E-state index contributed by atoms with van der Waals surface area (Å²) in [5, 5.41) is 2.95. The third-order valence-corrected chi connectivity index (χ3v) is 6.34. The molecule has 3 aromatic rings. The lowest BCUT2D eigenvalue weighted by Crippen LogP contribution is -2.19. The summed E-state index contributed by atoms with van der Waals surface area (Å²) >= 11 is 0. The third-order valence-electron chi connectivity index (χ3n) is 5.07. The van der Waals surface area contributed by atoms with Crippen LogP contribution in [-0.4, -0.2) is 38.0 Å². The number of unbranched alkanes of at least 4 members (excludes halogenated alkanes) is 1. The summed E-state index contributed by atoms with van der Waals surface area (Å²) in [4.78, 5) is 28.1. The lowest BCUT2D eigenvalue weighted by molar-refractivity contribution is -0.118. The standard InChI is InChI=1S/C22H25FN4O5S/c1-3-33(30,31)27-20-14(6-4-5-7-17(24)28)12-16-18(21(29)25-2)19(32-22(16)26-20)13-8-10-15(23)11-9-13/h8-12H,3-7H2,1-2H3,(H2,24,28)(H,25,29)(H,26,27). The number of benzene rings is 1. The molecule has 9 nitrogen and oxygen atoms in total. The van der Waals surface area contributed by atoms with Crippen molar-refractivity contribution in [2.24, 2.45) is 5.73 Å². The zero-order valence-electron chi connectivity index (χ0n) is 18.3. The van der Waals surface area contributed by atoms with Crippen LogP contribution in [0.1, 0.15) is 42.1 Å². The van der Waals surface area contributed by atoms with Crippen LogP contribution in [0.5, 0.6) is 0 Å². The van der Waals surface area contributed by atoms with Gasteiger partial charge in [-0.05, 0) is 62.1 Å². The number of hydrogen-bond donors (Lipinski definition) is 3. The maximum absolute atomic E-state index is 13.4. The molecule has 0 aliphatic rings. The maximum atomic E-state index is 13.4. The topological polar surface area (TPSA) is 144 Å². The van der Waals surface area contributed by atoms with E-state index in [1.807, 2.05) is 0 Å². The fourth-order valence-corrected chi connectivity index (χ4v) is 3.95. The summed E-state index contributed by atoms with van der Waals surface area (Å²) < 4.78 is 46.2. The molecule has 0 saturated heterocycles. The number of halogens is 1. The molecule has 0 aliphatic heterocycles. The minimum atomic E-state index is -3.64. The largest absolute Gasteiger partial charge is 0.437 e. The number of pyridine rings is 1. The van der Waals surface area contributed by atoms with E-state index in [1.165, 1.54) is 38.2 Å². The molecule has 0 atom stereocenters. The molecule has 0 bridgehead atoms. The number of carbonyl (C=O) groups excluding carboxylic acids is 2. The molecule has 0 radical (unpaired) electrons. The number of anilines is 1. The van der Waals surface area contributed by atoms with E-state index in [0.717, 1.165) is 0 Å². The first-order chi connectivity index (χ1) is 15.6. The average molecular weight is 477 g/mol. The molecule has 1 aromatic carbocycles. The van der Waals surface area contributed by atoms with Crippen molar-refractivity contribution in [1.82, 2.24) is 10.3 Å². The molecule has 0 fully saturated rings. The number of nitrogens with two attached hydrogens (primary N) is 1. The van der Waals surface area contributed by atoms with Gasteiger partial charge < -0.3 is 15.5 Å². The molecule has 0 aliphatic carbocycles. The summed E-state index contributed by atoms with van der Waals surface area (Å²) in [5.41, 5.74) is 6.46. The first kappa shape index (κ1) is 24.2. The van der Waals surface area contributed by atoms with Crippen molar-refractivity contribution in [3.8, 4) is 11.3 Å². The first-order valence-electron chi connectivity index (χ1n) is 10.4. The number of furan rings is 1. The predicted molar refractivity (Wildman–Crippen MR) is 123 cm³/mol. The molecule has 2 aromatic heterocycles. The Morgan fingerprint density at radius 3 is 2.48 bits per heavy atom. The van der Waals surface area contributed by atoms with Crippen LogP contribution in [0, 0.1) is 5.82 Å². The number of nitrogens with zero attached hydrogens (tertiary/aromatic N) is 1. The quantitative estimate of drug-likeness (QED) is 0.384. The number of aromatic nitrogens is 1. The Morgan fingerprint density at radius 2 is 1.88 bits per heavy atom. The predicted octanol–water partition coefficient (Wildman–Crippen LogP) is 2.95. The van der Waals surface area contributed by atoms with Gasteiger partial charge in [0.15, 0.2) is 0 Å². The Morgan fingerprint density at radius 1 is 1.18 bits per heavy atom. The number of rotatable bonds is 10. The van der Waals surface area contributed by atoms with Crippen molar-refractivity contribution in [3.63, 3.8) is 0 Å². The van der Waals surface area contributed by atoms with Crippen molar-refractivity contribution in [1.29, 1.82) is 0 Å². The minimum Gasteiger partial charge on any atom is -0.437 e. The minimum absolute atomic E-state index is 0.0580. The van der Waals surface area contributed by atoms with Gasteiger partial charge in [0.2, 0.25) is 21.6 Å². The summed E-state index contributed by atoms with van der Waals surface area (Å²) in [7, 11) is -2.17. The van der Waals surface area contributed by atoms with E-state index in [4.69, 9.17) is 10.2 Å². The molecular formula is C22H25FN4O5S. The number of aryl methyl sites for hydroxylation is 1. The van der Waals surface area contributed by atoms with Gasteiger partial charge >= 0.3 is 0 Å². The van der Waals surface area contributed by atoms with Gasteiger partial charge in [-0.3, -0.25) is 14.3 Å². The van der Waals surface area contributed by atoms with Crippen LogP contribution in [0.15, 0.2) is 34.7 Å². The zero-order chi connectivity index (χ0) is 24.2. The normalized spacial score (nSPS) is 11.5. The SMILES string of the molecule is CCS(=O)(=O)Nc1nc2oc(-c3ccc(F)cc3)c(C(=O)NC)c2cc1CCCCC(N)=O. The highest BCUT2D eigenvalue weighted by molar-refractivity contribution is 7.92. The number of hydrogen-bond acceptors (Lipinski definition) is 6. The molecule has 2 heterocycles. The number of carbonyl (C=O) groups is 2. The van der Waals surface area contributed by atoms with Gasteiger partial charge in [-0.15, -0.1) is 0 Å². The lowest BCUT2D eigenvalue weighted by atomic mass is 10.0. The highest BCUT2D eigenvalue weighted by Crippen LogP contribution is 2.35. The van der Waals surface area contributed by atoms with Crippen LogP contribution in [0.2, 0.25) is 0 Å². The van der Waals surface area contributed by atoms with Crippen molar-refractivity contribution in [3.05, 3.63) is 47.3 Å².